The van der Waals surface area contributed by atoms with Crippen molar-refractivity contribution < 1.29 is 22.4 Å². The lowest BCUT2D eigenvalue weighted by molar-refractivity contribution is -0.174. The number of fused-ring (bicyclic) bond motifs is 2. The van der Waals surface area contributed by atoms with Gasteiger partial charge in [-0.25, -0.2) is 27.5 Å². The number of nitrogens with one attached hydrogen (secondary N) is 2. The van der Waals surface area contributed by atoms with E-state index in [4.69, 9.17) is 9.97 Å². The number of Topliss-reactive ketones (excluding diaryl/α,β-unsaturated/α-hetero) is 1. The maximum Gasteiger partial charge on any atom is 0.273 e. The third kappa shape index (κ3) is 8.38. The van der Waals surface area contributed by atoms with E-state index in [9.17, 15) is 17.6 Å². The number of likely N-dealkylation sites (tertiary alicyclic amines) is 2. The van der Waals surface area contributed by atoms with E-state index in [0.717, 1.165) is 42.8 Å². The maximum absolute atomic E-state index is 15.4. The van der Waals surface area contributed by atoms with Gasteiger partial charge in [0.25, 0.3) is 11.8 Å². The van der Waals surface area contributed by atoms with Gasteiger partial charge in [0.05, 0.1) is 39.3 Å². The van der Waals surface area contributed by atoms with Crippen LogP contribution in [-0.2, 0) is 44.8 Å². The number of nitrogens with zero attached hydrogens (tertiary/aromatic N) is 10. The standard InChI is InChI=1S/C45H44Br2F4N12O/c1-58-33(19-27-13-17-60(21-35(27)58)42-52-15-11-37(56-42)54-31-7-3-29(46)4-8-31)39(62-23-44(48,49)24-62)41(64)40(63-25-45(50,51)26-63)34-20-28-14-18-61(22-36(28)59(34)2)43-53-16-12-38(57-43)55-32-9-5-30(47)6-10-32/h3-12,15-16,19-20,39-40H,13-14,17-18,21-26H2,1-2H3,(H,52,54,56)(H,53,55,57). The minimum Gasteiger partial charge on any atom is -0.348 e. The molecule has 2 saturated heterocycles. The van der Waals surface area contributed by atoms with Gasteiger partial charge in [-0.05, 0) is 96.8 Å². The lowest BCUT2D eigenvalue weighted by Gasteiger charge is -2.47. The summed E-state index contributed by atoms with van der Waals surface area (Å²) in [7, 11) is 3.69. The molecule has 13 nitrogen and oxygen atoms in total. The molecule has 8 heterocycles. The van der Waals surface area contributed by atoms with Gasteiger partial charge >= 0.3 is 0 Å². The Balaban J connectivity index is 0.936. The molecule has 10 rings (SSSR count). The first-order chi connectivity index (χ1) is 30.7. The minimum atomic E-state index is -2.98. The van der Waals surface area contributed by atoms with E-state index in [2.05, 4.69) is 62.3 Å². The molecule has 332 valence electrons. The number of carbonyl (C=O) groups excluding carboxylic acids is 1. The molecule has 4 aliphatic heterocycles. The quantitative estimate of drug-likeness (QED) is 0.115. The van der Waals surface area contributed by atoms with Gasteiger partial charge in [-0.1, -0.05) is 31.9 Å². The Hall–Kier alpha value is -5.37. The van der Waals surface area contributed by atoms with Crippen molar-refractivity contribution in [1.82, 2.24) is 38.9 Å². The summed E-state index contributed by atoms with van der Waals surface area (Å²) in [6.07, 6.45) is 4.59. The highest BCUT2D eigenvalue weighted by molar-refractivity contribution is 9.10. The Labute approximate surface area is 383 Å². The Morgan fingerprint density at radius 1 is 0.625 bits per heavy atom. The summed E-state index contributed by atoms with van der Waals surface area (Å²) in [4.78, 5) is 41.2. The summed E-state index contributed by atoms with van der Waals surface area (Å²) in [5.74, 6) is -4.08. The van der Waals surface area contributed by atoms with Crippen molar-refractivity contribution in [1.29, 1.82) is 0 Å². The molecule has 4 aromatic heterocycles. The summed E-state index contributed by atoms with van der Waals surface area (Å²) in [5, 5.41) is 6.64. The fraction of sp³-hybridized carbons (Fsp3) is 0.356. The van der Waals surface area contributed by atoms with Gasteiger partial charge in [-0.15, -0.1) is 0 Å². The van der Waals surface area contributed by atoms with Crippen LogP contribution in [0.4, 0.5) is 52.5 Å². The van der Waals surface area contributed by atoms with Gasteiger partial charge < -0.3 is 29.6 Å². The highest BCUT2D eigenvalue weighted by Gasteiger charge is 2.55. The first-order valence-electron chi connectivity index (χ1n) is 21.0. The molecule has 0 saturated carbocycles. The highest BCUT2D eigenvalue weighted by atomic mass is 79.9. The zero-order chi connectivity index (χ0) is 44.5. The third-order valence-electron chi connectivity index (χ3n) is 12.6. The van der Waals surface area contributed by atoms with Crippen LogP contribution < -0.4 is 20.4 Å². The van der Waals surface area contributed by atoms with Gasteiger partial charge in [0.2, 0.25) is 11.9 Å². The van der Waals surface area contributed by atoms with Crippen LogP contribution in [-0.4, -0.2) is 95.8 Å². The normalized spacial score (nSPS) is 18.9. The monoisotopic (exact) mass is 1000 g/mol. The van der Waals surface area contributed by atoms with E-state index in [1.807, 2.05) is 83.9 Å². The Morgan fingerprint density at radius 3 is 1.39 bits per heavy atom. The summed E-state index contributed by atoms with van der Waals surface area (Å²) < 4.78 is 64.8. The van der Waals surface area contributed by atoms with Crippen LogP contribution >= 0.6 is 31.9 Å². The molecule has 0 bridgehead atoms. The van der Waals surface area contributed by atoms with Crippen LogP contribution in [0, 0.1) is 0 Å². The van der Waals surface area contributed by atoms with Crippen molar-refractivity contribution in [3.63, 3.8) is 0 Å². The van der Waals surface area contributed by atoms with E-state index < -0.39 is 55.9 Å². The molecule has 2 aromatic carbocycles. The van der Waals surface area contributed by atoms with Crippen LogP contribution in [0.25, 0.3) is 0 Å². The zero-order valence-electron chi connectivity index (χ0n) is 35.0. The first-order valence-corrected chi connectivity index (χ1v) is 22.6. The van der Waals surface area contributed by atoms with Gasteiger partial charge in [-0.2, -0.15) is 9.97 Å². The van der Waals surface area contributed by atoms with Crippen LogP contribution in [0.3, 0.4) is 0 Å². The molecule has 4 aliphatic rings. The molecule has 0 spiro atoms. The van der Waals surface area contributed by atoms with Crippen molar-refractivity contribution in [3.05, 3.63) is 128 Å². The van der Waals surface area contributed by atoms with E-state index in [1.54, 1.807) is 24.5 Å². The summed E-state index contributed by atoms with van der Waals surface area (Å²) >= 11 is 6.93. The number of rotatable bonds is 12. The number of carbonyl (C=O) groups is 1. The average molecular weight is 1000 g/mol. The fourth-order valence-corrected chi connectivity index (χ4v) is 9.87. The second kappa shape index (κ2) is 16.6. The van der Waals surface area contributed by atoms with E-state index >= 15 is 4.79 Å². The van der Waals surface area contributed by atoms with Gasteiger partial charge in [0.15, 0.2) is 5.78 Å². The van der Waals surface area contributed by atoms with E-state index in [1.165, 1.54) is 9.80 Å². The summed E-state index contributed by atoms with van der Waals surface area (Å²) in [5.41, 5.74) is 6.62. The predicted molar refractivity (Wildman–Crippen MR) is 243 cm³/mol. The zero-order valence-corrected chi connectivity index (χ0v) is 38.1. The van der Waals surface area contributed by atoms with Crippen molar-refractivity contribution in [2.24, 2.45) is 14.1 Å². The van der Waals surface area contributed by atoms with Gasteiger partial charge in [0, 0.05) is 82.7 Å². The minimum absolute atomic E-state index is 0.416. The van der Waals surface area contributed by atoms with Crippen molar-refractivity contribution >= 4 is 72.6 Å². The molecule has 6 aromatic rings. The molecule has 0 radical (unpaired) electrons. The van der Waals surface area contributed by atoms with Gasteiger partial charge in [0.1, 0.15) is 23.7 Å². The maximum atomic E-state index is 15.4. The van der Waals surface area contributed by atoms with E-state index in [0.29, 0.717) is 73.9 Å². The Morgan fingerprint density at radius 2 is 1.02 bits per heavy atom. The molecule has 2 unspecified atom stereocenters. The van der Waals surface area contributed by atoms with Crippen LogP contribution in [0.5, 0.6) is 0 Å². The molecule has 0 aliphatic carbocycles. The number of ketones is 1. The Bertz CT molecular complexity index is 2530. The fourth-order valence-electron chi connectivity index (χ4n) is 9.34. The van der Waals surface area contributed by atoms with Crippen molar-refractivity contribution in [2.75, 3.05) is 59.7 Å². The smallest absolute Gasteiger partial charge is 0.273 e. The molecular weight excluding hydrogens is 960 g/mol. The lowest BCUT2D eigenvalue weighted by Crippen LogP contribution is -2.62. The largest absolute Gasteiger partial charge is 0.348 e. The topological polar surface area (TPSA) is 116 Å². The van der Waals surface area contributed by atoms with Crippen LogP contribution in [0.15, 0.2) is 94.1 Å². The molecule has 2 atom stereocenters. The summed E-state index contributed by atoms with van der Waals surface area (Å²) in [6.45, 7) is -0.451. The lowest BCUT2D eigenvalue weighted by atomic mass is 9.91. The molecule has 0 amide bonds. The van der Waals surface area contributed by atoms with Crippen molar-refractivity contribution in [3.8, 4) is 0 Å². The third-order valence-corrected chi connectivity index (χ3v) is 13.7. The number of hydrogen-bond acceptors (Lipinski definition) is 11. The predicted octanol–water partition coefficient (Wildman–Crippen LogP) is 8.33. The number of aromatic nitrogens is 6. The average Bonchev–Trinajstić information content (AvgIpc) is 3.76. The number of benzene rings is 2. The second-order valence-electron chi connectivity index (χ2n) is 17.0. The van der Waals surface area contributed by atoms with Crippen LogP contribution in [0.2, 0.25) is 0 Å². The Kier molecular flexibility index (Phi) is 11.0. The highest BCUT2D eigenvalue weighted by Crippen LogP contribution is 2.44. The first kappa shape index (κ1) is 42.6. The van der Waals surface area contributed by atoms with E-state index in [-0.39, 0.29) is 0 Å². The number of hydrogen-bond donors (Lipinski definition) is 2. The number of halogens is 6. The van der Waals surface area contributed by atoms with Crippen LogP contribution in [0.1, 0.15) is 46.0 Å². The number of anilines is 6. The van der Waals surface area contributed by atoms with Crippen molar-refractivity contribution in [2.45, 2.75) is 49.9 Å². The molecule has 19 heteroatoms. The SMILES string of the molecule is Cn1c(C(C(=O)C(c2cc3c(n2C)CN(c2nccc(Nc4ccc(Br)cc4)n2)CC3)N2CC(F)(F)C2)N2CC(F)(F)C2)cc2c1CN(c1nccc(Nc3ccc(Br)cc3)n1)CC2. The molecule has 2 fully saturated rings. The molecule has 64 heavy (non-hydrogen) atoms. The number of alkyl halides is 4. The van der Waals surface area contributed by atoms with Gasteiger partial charge in [-0.3, -0.25) is 14.6 Å². The molecule has 2 N–H and O–H groups in total. The summed E-state index contributed by atoms with van der Waals surface area (Å²) in [6, 6.07) is 20.7. The molecular formula is C45H44Br2F4N12O. The second-order valence-corrected chi connectivity index (χ2v) is 18.9.